The Kier molecular flexibility index (Phi) is 4.43. The van der Waals surface area contributed by atoms with E-state index in [-0.39, 0.29) is 11.0 Å². The standard InChI is InChI=1S/C18H21N3O5S/c1-20-12-18(26-17(20)22)7-2-9-21(10-8-18)27(23,24)15-5-3-14(4-6-15)16-11-19-13-25-16/h3-6,11,13H,2,7-10,12H2,1H3/t18-/m1/s1. The van der Waals surface area contributed by atoms with E-state index >= 15 is 0 Å². The van der Waals surface area contributed by atoms with Gasteiger partial charge >= 0.3 is 6.09 Å². The Morgan fingerprint density at radius 3 is 2.56 bits per heavy atom. The fourth-order valence-corrected chi connectivity index (χ4v) is 5.21. The Morgan fingerprint density at radius 2 is 1.93 bits per heavy atom. The number of oxazole rings is 1. The van der Waals surface area contributed by atoms with Crippen LogP contribution < -0.4 is 0 Å². The number of sulfonamides is 1. The van der Waals surface area contributed by atoms with Crippen molar-refractivity contribution in [1.82, 2.24) is 14.2 Å². The van der Waals surface area contributed by atoms with Gasteiger partial charge in [-0.05, 0) is 37.1 Å². The second kappa shape index (κ2) is 6.65. The molecule has 1 spiro atoms. The van der Waals surface area contributed by atoms with Crippen molar-refractivity contribution >= 4 is 16.1 Å². The van der Waals surface area contributed by atoms with E-state index in [2.05, 4.69) is 4.98 Å². The van der Waals surface area contributed by atoms with Gasteiger partial charge in [-0.2, -0.15) is 4.31 Å². The summed E-state index contributed by atoms with van der Waals surface area (Å²) in [6.07, 6.45) is 4.39. The molecular formula is C18H21N3O5S. The Morgan fingerprint density at radius 1 is 1.15 bits per heavy atom. The highest BCUT2D eigenvalue weighted by Gasteiger charge is 2.45. The minimum absolute atomic E-state index is 0.238. The molecule has 0 aliphatic carbocycles. The molecule has 0 radical (unpaired) electrons. The highest BCUT2D eigenvalue weighted by Crippen LogP contribution is 2.34. The number of carbonyl (C=O) groups is 1. The van der Waals surface area contributed by atoms with Crippen LogP contribution in [0.25, 0.3) is 11.3 Å². The van der Waals surface area contributed by atoms with Crippen molar-refractivity contribution in [2.75, 3.05) is 26.7 Å². The lowest BCUT2D eigenvalue weighted by molar-refractivity contribution is 0.0460. The quantitative estimate of drug-likeness (QED) is 0.797. The minimum atomic E-state index is -3.61. The highest BCUT2D eigenvalue weighted by atomic mass is 32.2. The highest BCUT2D eigenvalue weighted by molar-refractivity contribution is 7.89. The lowest BCUT2D eigenvalue weighted by Crippen LogP contribution is -2.36. The fraction of sp³-hybridized carbons (Fsp3) is 0.444. The largest absolute Gasteiger partial charge is 0.444 e. The molecule has 0 N–H and O–H groups in total. The van der Waals surface area contributed by atoms with Crippen molar-refractivity contribution in [2.45, 2.75) is 29.8 Å². The van der Waals surface area contributed by atoms with Crippen LogP contribution >= 0.6 is 0 Å². The number of benzene rings is 1. The number of nitrogens with zero attached hydrogens (tertiary/aromatic N) is 3. The zero-order chi connectivity index (χ0) is 19.1. The van der Waals surface area contributed by atoms with E-state index in [0.29, 0.717) is 44.7 Å². The zero-order valence-electron chi connectivity index (χ0n) is 15.0. The summed E-state index contributed by atoms with van der Waals surface area (Å²) in [4.78, 5) is 17.4. The molecule has 2 aliphatic rings. The third-order valence-corrected chi connectivity index (χ3v) is 7.12. The van der Waals surface area contributed by atoms with E-state index in [1.165, 1.54) is 10.7 Å². The van der Waals surface area contributed by atoms with Crippen molar-refractivity contribution in [1.29, 1.82) is 0 Å². The van der Waals surface area contributed by atoms with Crippen molar-refractivity contribution in [3.05, 3.63) is 36.9 Å². The number of aromatic nitrogens is 1. The van der Waals surface area contributed by atoms with Crippen LogP contribution in [0.15, 0.2) is 46.2 Å². The summed E-state index contributed by atoms with van der Waals surface area (Å²) in [5.74, 6) is 0.586. The van der Waals surface area contributed by atoms with Crippen LogP contribution in [0.4, 0.5) is 4.79 Å². The molecule has 27 heavy (non-hydrogen) atoms. The van der Waals surface area contributed by atoms with Gasteiger partial charge in [0.15, 0.2) is 12.2 Å². The molecule has 4 rings (SSSR count). The lowest BCUT2D eigenvalue weighted by Gasteiger charge is -2.25. The van der Waals surface area contributed by atoms with Crippen LogP contribution in [0.3, 0.4) is 0 Å². The number of ether oxygens (including phenoxy) is 1. The summed E-state index contributed by atoms with van der Waals surface area (Å²) in [6, 6.07) is 6.58. The normalized spacial score (nSPS) is 24.2. The topological polar surface area (TPSA) is 93.0 Å². The zero-order valence-corrected chi connectivity index (χ0v) is 15.8. The number of hydrogen-bond acceptors (Lipinski definition) is 6. The number of rotatable bonds is 3. The molecule has 0 bridgehead atoms. The summed E-state index contributed by atoms with van der Waals surface area (Å²) in [5, 5.41) is 0. The summed E-state index contributed by atoms with van der Waals surface area (Å²) < 4.78 is 38.4. The van der Waals surface area contributed by atoms with Crippen molar-refractivity contribution in [2.24, 2.45) is 0 Å². The van der Waals surface area contributed by atoms with Crippen molar-refractivity contribution in [3.63, 3.8) is 0 Å². The number of hydrogen-bond donors (Lipinski definition) is 0. The Balaban J connectivity index is 1.51. The Hall–Kier alpha value is -2.39. The van der Waals surface area contributed by atoms with Gasteiger partial charge in [0, 0.05) is 32.1 Å². The lowest BCUT2D eigenvalue weighted by atomic mass is 9.95. The third kappa shape index (κ3) is 3.32. The maximum absolute atomic E-state index is 13.0. The van der Waals surface area contributed by atoms with Gasteiger partial charge in [0.1, 0.15) is 5.60 Å². The maximum atomic E-state index is 13.0. The first kappa shape index (κ1) is 18.0. The molecule has 2 aliphatic heterocycles. The SMILES string of the molecule is CN1C[C@]2(CCCN(S(=O)(=O)c3ccc(-c4cnco4)cc3)CC2)OC1=O. The molecule has 1 aromatic carbocycles. The van der Waals surface area contributed by atoms with Crippen LogP contribution in [0.1, 0.15) is 19.3 Å². The maximum Gasteiger partial charge on any atom is 0.410 e. The van der Waals surface area contributed by atoms with Crippen LogP contribution in [-0.2, 0) is 14.8 Å². The van der Waals surface area contributed by atoms with E-state index in [1.807, 2.05) is 0 Å². The summed E-state index contributed by atoms with van der Waals surface area (Å²) in [5.41, 5.74) is 0.189. The van der Waals surface area contributed by atoms with Gasteiger partial charge < -0.3 is 14.1 Å². The monoisotopic (exact) mass is 391 g/mol. The van der Waals surface area contributed by atoms with Crippen molar-refractivity contribution in [3.8, 4) is 11.3 Å². The summed E-state index contributed by atoms with van der Waals surface area (Å²) in [7, 11) is -1.91. The molecule has 3 heterocycles. The van der Waals surface area contributed by atoms with E-state index in [0.717, 1.165) is 5.56 Å². The second-order valence-electron chi connectivity index (χ2n) is 7.05. The molecule has 1 amide bonds. The molecule has 144 valence electrons. The van der Waals surface area contributed by atoms with E-state index in [9.17, 15) is 13.2 Å². The molecule has 1 atom stereocenters. The second-order valence-corrected chi connectivity index (χ2v) is 8.99. The summed E-state index contributed by atoms with van der Waals surface area (Å²) >= 11 is 0. The summed E-state index contributed by atoms with van der Waals surface area (Å²) in [6.45, 7) is 1.24. The predicted molar refractivity (Wildman–Crippen MR) is 96.4 cm³/mol. The van der Waals surface area contributed by atoms with Crippen molar-refractivity contribution < 1.29 is 22.4 Å². The third-order valence-electron chi connectivity index (χ3n) is 5.21. The first-order valence-electron chi connectivity index (χ1n) is 8.83. The molecule has 9 heteroatoms. The number of carbonyl (C=O) groups excluding carboxylic acids is 1. The van der Waals surface area contributed by atoms with Crippen LogP contribution in [0, 0.1) is 0 Å². The Bertz CT molecular complexity index is 926. The molecular weight excluding hydrogens is 370 g/mol. The van der Waals surface area contributed by atoms with Gasteiger partial charge in [-0.15, -0.1) is 0 Å². The minimum Gasteiger partial charge on any atom is -0.444 e. The van der Waals surface area contributed by atoms with Crippen LogP contribution in [0.2, 0.25) is 0 Å². The van der Waals surface area contributed by atoms with Gasteiger partial charge in [-0.25, -0.2) is 18.2 Å². The average Bonchev–Trinajstić information content (AvgIpc) is 3.21. The molecule has 8 nitrogen and oxygen atoms in total. The molecule has 2 fully saturated rings. The number of amides is 1. The predicted octanol–water partition coefficient (Wildman–Crippen LogP) is 2.34. The van der Waals surface area contributed by atoms with Gasteiger partial charge in [-0.1, -0.05) is 0 Å². The van der Waals surface area contributed by atoms with Crippen LogP contribution in [0.5, 0.6) is 0 Å². The van der Waals surface area contributed by atoms with Gasteiger partial charge in [-0.3, -0.25) is 0 Å². The smallest absolute Gasteiger partial charge is 0.410 e. The Labute approximate surface area is 157 Å². The first-order chi connectivity index (χ1) is 12.9. The fourth-order valence-electron chi connectivity index (χ4n) is 3.73. The van der Waals surface area contributed by atoms with Crippen LogP contribution in [-0.4, -0.2) is 61.0 Å². The van der Waals surface area contributed by atoms with E-state index in [1.54, 1.807) is 42.4 Å². The molecule has 2 aromatic rings. The van der Waals surface area contributed by atoms with E-state index in [4.69, 9.17) is 9.15 Å². The average molecular weight is 391 g/mol. The molecule has 2 saturated heterocycles. The first-order valence-corrected chi connectivity index (χ1v) is 10.3. The van der Waals surface area contributed by atoms with Gasteiger partial charge in [0.2, 0.25) is 10.0 Å². The van der Waals surface area contributed by atoms with Gasteiger partial charge in [0.25, 0.3) is 0 Å². The van der Waals surface area contributed by atoms with Gasteiger partial charge in [0.05, 0.1) is 17.6 Å². The molecule has 1 aromatic heterocycles. The molecule has 0 saturated carbocycles. The van der Waals surface area contributed by atoms with E-state index < -0.39 is 15.6 Å². The number of likely N-dealkylation sites (N-methyl/N-ethyl adjacent to an activating group) is 1. The molecule has 0 unspecified atom stereocenters.